The molecule has 0 fully saturated rings. The summed E-state index contributed by atoms with van der Waals surface area (Å²) in [5.41, 5.74) is 0. The van der Waals surface area contributed by atoms with Crippen molar-refractivity contribution in [2.24, 2.45) is 0 Å². The van der Waals surface area contributed by atoms with Crippen LogP contribution >= 0.6 is 0 Å². The molecule has 71 valence electrons. The Balaban J connectivity index is 2.49. The summed E-state index contributed by atoms with van der Waals surface area (Å²) in [5.74, 6) is 0.429. The molecule has 0 aliphatic heterocycles. The molecule has 0 aliphatic rings. The van der Waals surface area contributed by atoms with Crippen molar-refractivity contribution >= 4 is 0 Å². The number of hydrogen-bond donors (Lipinski definition) is 0. The fourth-order valence-electron chi connectivity index (χ4n) is 1.09. The summed E-state index contributed by atoms with van der Waals surface area (Å²) in [6, 6.07) is 5.99. The average molecular weight is 181 g/mol. The first-order chi connectivity index (χ1) is 6.22. The molecule has 1 unspecified atom stereocenters. The third-order valence-electron chi connectivity index (χ3n) is 1.73. The van der Waals surface area contributed by atoms with Gasteiger partial charge in [0.1, 0.15) is 11.6 Å². The van der Waals surface area contributed by atoms with Gasteiger partial charge in [0.25, 0.3) is 0 Å². The van der Waals surface area contributed by atoms with E-state index in [2.05, 4.69) is 13.8 Å². The zero-order chi connectivity index (χ0) is 9.68. The van der Waals surface area contributed by atoms with E-state index in [9.17, 15) is 4.39 Å². The Kier molecular flexibility index (Phi) is 3.74. The highest BCUT2D eigenvalue weighted by molar-refractivity contribution is 5.22. The maximum Gasteiger partial charge on any atom is 0.123 e. The zero-order valence-corrected chi connectivity index (χ0v) is 7.79. The van der Waals surface area contributed by atoms with Crippen LogP contribution in [0.15, 0.2) is 24.3 Å². The van der Waals surface area contributed by atoms with Crippen LogP contribution in [0.3, 0.4) is 0 Å². The van der Waals surface area contributed by atoms with Crippen LogP contribution in [0.5, 0.6) is 5.75 Å². The van der Waals surface area contributed by atoms with Crippen LogP contribution in [-0.2, 0) is 0 Å². The Labute approximate surface area is 78.5 Å². The Bertz CT molecular complexity index is 243. The normalized spacial score (nSPS) is 12.5. The first-order valence-electron chi connectivity index (χ1n) is 4.47. The average Bonchev–Trinajstić information content (AvgIpc) is 2.09. The van der Waals surface area contributed by atoms with Gasteiger partial charge in [-0.25, -0.2) is 4.39 Å². The van der Waals surface area contributed by atoms with E-state index in [4.69, 9.17) is 4.74 Å². The SMILES string of the molecule is [CH2]C(CCC)Oc1ccc(F)cc1. The van der Waals surface area contributed by atoms with Gasteiger partial charge >= 0.3 is 0 Å². The largest absolute Gasteiger partial charge is 0.490 e. The van der Waals surface area contributed by atoms with Crippen molar-refractivity contribution in [3.63, 3.8) is 0 Å². The molecule has 1 atom stereocenters. The highest BCUT2D eigenvalue weighted by Gasteiger charge is 2.01. The Morgan fingerprint density at radius 1 is 1.38 bits per heavy atom. The van der Waals surface area contributed by atoms with E-state index < -0.39 is 0 Å². The minimum Gasteiger partial charge on any atom is -0.490 e. The molecule has 0 saturated heterocycles. The second-order valence-electron chi connectivity index (χ2n) is 2.98. The Morgan fingerprint density at radius 3 is 2.54 bits per heavy atom. The molecule has 0 aromatic heterocycles. The molecule has 1 radical (unpaired) electrons. The molecular weight excluding hydrogens is 167 g/mol. The lowest BCUT2D eigenvalue weighted by molar-refractivity contribution is 0.234. The number of benzene rings is 1. The number of ether oxygens (including phenoxy) is 1. The van der Waals surface area contributed by atoms with Crippen LogP contribution in [0.2, 0.25) is 0 Å². The molecule has 0 amide bonds. The summed E-state index contributed by atoms with van der Waals surface area (Å²) in [5, 5.41) is 0. The predicted molar refractivity (Wildman–Crippen MR) is 51.1 cm³/mol. The lowest BCUT2D eigenvalue weighted by atomic mass is 10.2. The van der Waals surface area contributed by atoms with E-state index in [1.807, 2.05) is 0 Å². The standard InChI is InChI=1S/C11H14FO/c1-3-4-9(2)13-11-7-5-10(12)6-8-11/h5-9H,2-4H2,1H3. The van der Waals surface area contributed by atoms with Gasteiger partial charge < -0.3 is 4.74 Å². The molecule has 0 spiro atoms. The second kappa shape index (κ2) is 4.85. The Hall–Kier alpha value is -1.05. The minimum atomic E-state index is -0.247. The van der Waals surface area contributed by atoms with E-state index in [-0.39, 0.29) is 11.9 Å². The van der Waals surface area contributed by atoms with Crippen LogP contribution in [0.25, 0.3) is 0 Å². The number of hydrogen-bond acceptors (Lipinski definition) is 1. The molecule has 0 bridgehead atoms. The van der Waals surface area contributed by atoms with Crippen LogP contribution in [0.1, 0.15) is 19.8 Å². The number of halogens is 1. The van der Waals surface area contributed by atoms with E-state index in [0.717, 1.165) is 12.8 Å². The molecule has 1 nitrogen and oxygen atoms in total. The lowest BCUT2D eigenvalue weighted by Crippen LogP contribution is -2.11. The van der Waals surface area contributed by atoms with Crippen molar-refractivity contribution in [1.82, 2.24) is 0 Å². The van der Waals surface area contributed by atoms with E-state index in [1.165, 1.54) is 12.1 Å². The molecule has 2 heteroatoms. The summed E-state index contributed by atoms with van der Waals surface area (Å²) in [4.78, 5) is 0. The zero-order valence-electron chi connectivity index (χ0n) is 7.79. The summed E-state index contributed by atoms with van der Waals surface area (Å²) in [6.07, 6.45) is 1.91. The summed E-state index contributed by atoms with van der Waals surface area (Å²) in [7, 11) is 0. The van der Waals surface area contributed by atoms with Crippen LogP contribution in [0, 0.1) is 12.7 Å². The van der Waals surface area contributed by atoms with Crippen LogP contribution in [-0.4, -0.2) is 6.10 Å². The summed E-state index contributed by atoms with van der Waals surface area (Å²) in [6.45, 7) is 5.91. The van der Waals surface area contributed by atoms with Gasteiger partial charge in [0, 0.05) is 0 Å². The van der Waals surface area contributed by atoms with Crippen molar-refractivity contribution in [3.05, 3.63) is 37.0 Å². The first-order valence-corrected chi connectivity index (χ1v) is 4.47. The van der Waals surface area contributed by atoms with Gasteiger partial charge in [0.15, 0.2) is 0 Å². The fraction of sp³-hybridized carbons (Fsp3) is 0.364. The quantitative estimate of drug-likeness (QED) is 0.693. The van der Waals surface area contributed by atoms with Gasteiger partial charge in [0.2, 0.25) is 0 Å². The van der Waals surface area contributed by atoms with Crippen molar-refractivity contribution in [1.29, 1.82) is 0 Å². The summed E-state index contributed by atoms with van der Waals surface area (Å²) < 4.78 is 17.9. The number of rotatable bonds is 4. The van der Waals surface area contributed by atoms with Gasteiger partial charge in [-0.05, 0) is 37.6 Å². The van der Waals surface area contributed by atoms with E-state index >= 15 is 0 Å². The maximum absolute atomic E-state index is 12.5. The molecule has 0 heterocycles. The van der Waals surface area contributed by atoms with Crippen LogP contribution in [0.4, 0.5) is 4.39 Å². The van der Waals surface area contributed by atoms with Crippen molar-refractivity contribution in [3.8, 4) is 5.75 Å². The highest BCUT2D eigenvalue weighted by atomic mass is 19.1. The van der Waals surface area contributed by atoms with Crippen molar-refractivity contribution in [2.75, 3.05) is 0 Å². The molecule has 1 aromatic carbocycles. The van der Waals surface area contributed by atoms with E-state index in [0.29, 0.717) is 5.75 Å². The van der Waals surface area contributed by atoms with Gasteiger partial charge in [-0.15, -0.1) is 0 Å². The molecule has 0 saturated carbocycles. The lowest BCUT2D eigenvalue weighted by Gasteiger charge is -2.12. The molecule has 0 N–H and O–H groups in total. The summed E-state index contributed by atoms with van der Waals surface area (Å²) >= 11 is 0. The monoisotopic (exact) mass is 181 g/mol. The highest BCUT2D eigenvalue weighted by Crippen LogP contribution is 2.14. The van der Waals surface area contributed by atoms with E-state index in [1.54, 1.807) is 12.1 Å². The smallest absolute Gasteiger partial charge is 0.123 e. The van der Waals surface area contributed by atoms with Gasteiger partial charge in [-0.2, -0.15) is 0 Å². The predicted octanol–water partition coefficient (Wildman–Crippen LogP) is 3.21. The van der Waals surface area contributed by atoms with Crippen molar-refractivity contribution in [2.45, 2.75) is 25.9 Å². The fourth-order valence-corrected chi connectivity index (χ4v) is 1.09. The Morgan fingerprint density at radius 2 is 2.00 bits per heavy atom. The molecule has 13 heavy (non-hydrogen) atoms. The molecular formula is C11H14FO. The van der Waals surface area contributed by atoms with Crippen molar-refractivity contribution < 1.29 is 9.13 Å². The van der Waals surface area contributed by atoms with Crippen LogP contribution < -0.4 is 4.74 Å². The van der Waals surface area contributed by atoms with Gasteiger partial charge in [0.05, 0.1) is 6.10 Å². The minimum absolute atomic E-state index is 0.0459. The third-order valence-corrected chi connectivity index (χ3v) is 1.73. The molecule has 1 aromatic rings. The molecule has 0 aliphatic carbocycles. The third kappa shape index (κ3) is 3.45. The van der Waals surface area contributed by atoms with Gasteiger partial charge in [-0.3, -0.25) is 0 Å². The second-order valence-corrected chi connectivity index (χ2v) is 2.98. The molecule has 1 rings (SSSR count). The topological polar surface area (TPSA) is 9.23 Å². The maximum atomic E-state index is 12.5. The van der Waals surface area contributed by atoms with Gasteiger partial charge in [-0.1, -0.05) is 13.3 Å². The first kappa shape index (κ1) is 10.0.